The van der Waals surface area contributed by atoms with Gasteiger partial charge in [0.05, 0.1) is 21.3 Å². The van der Waals surface area contributed by atoms with E-state index in [0.29, 0.717) is 49.6 Å². The van der Waals surface area contributed by atoms with Gasteiger partial charge >= 0.3 is 0 Å². The topological polar surface area (TPSA) is 112 Å². The van der Waals surface area contributed by atoms with E-state index in [1.807, 2.05) is 0 Å². The molecule has 0 amide bonds. The monoisotopic (exact) mass is 466 g/mol. The van der Waals surface area contributed by atoms with Crippen LogP contribution >= 0.6 is 23.2 Å². The van der Waals surface area contributed by atoms with Gasteiger partial charge in [-0.3, -0.25) is 10.4 Å². The van der Waals surface area contributed by atoms with Crippen LogP contribution in [0.15, 0.2) is 42.9 Å². The van der Waals surface area contributed by atoms with E-state index >= 15 is 0 Å². The van der Waals surface area contributed by atoms with Crippen LogP contribution in [-0.2, 0) is 6.61 Å². The van der Waals surface area contributed by atoms with Crippen molar-refractivity contribution in [1.29, 1.82) is 10.7 Å². The number of halogens is 2. The molecule has 1 fully saturated rings. The molecule has 0 radical (unpaired) electrons. The number of hydrogen-bond donors (Lipinski definition) is 2. The third-order valence-electron chi connectivity index (χ3n) is 5.31. The third-order valence-corrected chi connectivity index (χ3v) is 5.96. The summed E-state index contributed by atoms with van der Waals surface area (Å²) < 4.78 is 5.84. The summed E-state index contributed by atoms with van der Waals surface area (Å²) in [6.07, 6.45) is 6.79. The van der Waals surface area contributed by atoms with E-state index in [1.165, 1.54) is 12.4 Å². The van der Waals surface area contributed by atoms with Gasteiger partial charge in [0.2, 0.25) is 0 Å². The number of benzene rings is 1. The Kier molecular flexibility index (Phi) is 6.45. The van der Waals surface area contributed by atoms with Gasteiger partial charge in [0.25, 0.3) is 0 Å². The van der Waals surface area contributed by atoms with Crippen molar-refractivity contribution >= 4 is 40.4 Å². The zero-order valence-corrected chi connectivity index (χ0v) is 18.6. The lowest BCUT2D eigenvalue weighted by Gasteiger charge is -2.18. The lowest BCUT2D eigenvalue weighted by atomic mass is 10.0. The van der Waals surface area contributed by atoms with Crippen LogP contribution in [0.4, 0.5) is 11.5 Å². The van der Waals surface area contributed by atoms with Crippen molar-refractivity contribution in [2.24, 2.45) is 0 Å². The van der Waals surface area contributed by atoms with Gasteiger partial charge in [0.15, 0.2) is 0 Å². The molecule has 9 heteroatoms. The molecule has 0 bridgehead atoms. The van der Waals surface area contributed by atoms with Crippen molar-refractivity contribution in [3.63, 3.8) is 0 Å². The van der Waals surface area contributed by atoms with E-state index in [2.05, 4.69) is 20.9 Å². The van der Waals surface area contributed by atoms with E-state index < -0.39 is 0 Å². The van der Waals surface area contributed by atoms with Gasteiger partial charge in [-0.2, -0.15) is 5.26 Å². The molecule has 1 aliphatic heterocycles. The summed E-state index contributed by atoms with van der Waals surface area (Å²) in [4.78, 5) is 10.5. The van der Waals surface area contributed by atoms with E-state index in [1.54, 1.807) is 30.5 Å². The van der Waals surface area contributed by atoms with Gasteiger partial charge in [-0.1, -0.05) is 23.2 Å². The lowest BCUT2D eigenvalue weighted by Crippen LogP contribution is -2.20. The lowest BCUT2D eigenvalue weighted by molar-refractivity contribution is 0.306. The first-order chi connectivity index (χ1) is 15.5. The normalized spacial score (nSPS) is 13.1. The maximum atomic E-state index is 9.62. The van der Waals surface area contributed by atoms with Crippen molar-refractivity contribution in [1.82, 2.24) is 9.97 Å². The Bertz CT molecular complexity index is 1200. The zero-order valence-electron chi connectivity index (χ0n) is 17.1. The number of nitrogens with two attached hydrogens (primary N) is 1. The van der Waals surface area contributed by atoms with Crippen LogP contribution in [0.2, 0.25) is 10.0 Å². The highest BCUT2D eigenvalue weighted by Crippen LogP contribution is 2.28. The Morgan fingerprint density at radius 3 is 2.56 bits per heavy atom. The quantitative estimate of drug-likeness (QED) is 0.397. The Labute approximate surface area is 195 Å². The summed E-state index contributed by atoms with van der Waals surface area (Å²) in [6, 6.07) is 8.96. The maximum absolute atomic E-state index is 9.62. The van der Waals surface area contributed by atoms with Crippen LogP contribution in [0.25, 0.3) is 0 Å². The number of aromatic nitrogens is 2. The molecule has 7 nitrogen and oxygen atoms in total. The van der Waals surface area contributed by atoms with Crippen molar-refractivity contribution in [2.75, 3.05) is 23.7 Å². The first kappa shape index (κ1) is 21.9. The fourth-order valence-corrected chi connectivity index (χ4v) is 4.06. The molecule has 0 saturated carbocycles. The van der Waals surface area contributed by atoms with Gasteiger partial charge in [-0.05, 0) is 37.1 Å². The predicted octanol–water partition coefficient (Wildman–Crippen LogP) is 4.83. The van der Waals surface area contributed by atoms with Gasteiger partial charge in [0.1, 0.15) is 24.2 Å². The van der Waals surface area contributed by atoms with E-state index in [4.69, 9.17) is 39.1 Å². The Hall–Kier alpha value is -3.34. The number of anilines is 2. The summed E-state index contributed by atoms with van der Waals surface area (Å²) >= 11 is 12.3. The van der Waals surface area contributed by atoms with Crippen molar-refractivity contribution in [3.8, 4) is 11.8 Å². The van der Waals surface area contributed by atoms with E-state index in [9.17, 15) is 5.26 Å². The fourth-order valence-electron chi connectivity index (χ4n) is 3.59. The smallest absolute Gasteiger partial charge is 0.146 e. The summed E-state index contributed by atoms with van der Waals surface area (Å²) in [5.74, 6) is 1.17. The van der Waals surface area contributed by atoms with Crippen molar-refractivity contribution in [3.05, 3.63) is 75.2 Å². The molecule has 0 spiro atoms. The van der Waals surface area contributed by atoms with Gasteiger partial charge in [0, 0.05) is 54.1 Å². The second-order valence-electron chi connectivity index (χ2n) is 7.40. The number of pyridine rings is 2. The number of hydrogen-bond acceptors (Lipinski definition) is 7. The van der Waals surface area contributed by atoms with Crippen LogP contribution in [0, 0.1) is 16.7 Å². The van der Waals surface area contributed by atoms with E-state index in [0.717, 1.165) is 25.9 Å². The van der Waals surface area contributed by atoms with E-state index in [-0.39, 0.29) is 12.3 Å². The number of ether oxygens (including phenoxy) is 1. The van der Waals surface area contributed by atoms with Crippen LogP contribution in [0.1, 0.15) is 35.1 Å². The summed E-state index contributed by atoms with van der Waals surface area (Å²) in [5.41, 5.74) is 8.78. The largest absolute Gasteiger partial charge is 0.489 e. The molecule has 4 rings (SSSR count). The minimum atomic E-state index is 0.140. The third kappa shape index (κ3) is 4.47. The molecule has 32 heavy (non-hydrogen) atoms. The molecule has 1 aromatic carbocycles. The highest BCUT2D eigenvalue weighted by Gasteiger charge is 2.19. The highest BCUT2D eigenvalue weighted by atomic mass is 35.5. The molecule has 0 atom stereocenters. The predicted molar refractivity (Wildman–Crippen MR) is 126 cm³/mol. The highest BCUT2D eigenvalue weighted by molar-refractivity contribution is 6.35. The van der Waals surface area contributed by atoms with Crippen molar-refractivity contribution in [2.45, 2.75) is 19.4 Å². The van der Waals surface area contributed by atoms with Crippen LogP contribution in [0.3, 0.4) is 0 Å². The Balaban J connectivity index is 1.58. The zero-order chi connectivity index (χ0) is 22.7. The molecular weight excluding hydrogens is 447 g/mol. The number of rotatable bonds is 6. The molecule has 1 saturated heterocycles. The minimum Gasteiger partial charge on any atom is -0.489 e. The number of nitriles is 1. The average molecular weight is 467 g/mol. The van der Waals surface area contributed by atoms with Crippen molar-refractivity contribution < 1.29 is 4.74 Å². The molecular formula is C23H20Cl2N6O. The summed E-state index contributed by atoms with van der Waals surface area (Å²) in [7, 11) is 0. The first-order valence-electron chi connectivity index (χ1n) is 10.0. The molecule has 3 N–H and O–H groups in total. The van der Waals surface area contributed by atoms with Crippen LogP contribution < -0.4 is 15.4 Å². The molecule has 1 aliphatic rings. The SMILES string of the molecule is N#Cc1cc(C(=N)c2cc(OCc3c(Cl)cncc3Cl)ccc2N)cnc1N1CCCC1. The molecule has 0 unspecified atom stereocenters. The number of nitrogens with one attached hydrogen (secondary N) is 1. The molecule has 3 heterocycles. The molecule has 162 valence electrons. The van der Waals surface area contributed by atoms with Gasteiger partial charge in [-0.15, -0.1) is 0 Å². The van der Waals surface area contributed by atoms with Crippen LogP contribution in [0.5, 0.6) is 5.75 Å². The number of nitrogens with zero attached hydrogens (tertiary/aromatic N) is 4. The molecule has 0 aliphatic carbocycles. The van der Waals surface area contributed by atoms with Gasteiger partial charge in [-0.25, -0.2) is 4.98 Å². The standard InChI is InChI=1S/C23H20Cl2N6O/c24-19-11-29-12-20(25)18(19)13-32-16-3-4-21(27)17(8-16)22(28)15-7-14(9-26)23(30-10-15)31-5-1-2-6-31/h3-4,7-8,10-12,28H,1-2,5-6,13,27H2. The average Bonchev–Trinajstić information content (AvgIpc) is 3.33. The number of nitrogen functional groups attached to an aromatic ring is 1. The Morgan fingerprint density at radius 2 is 1.88 bits per heavy atom. The Morgan fingerprint density at radius 1 is 1.16 bits per heavy atom. The van der Waals surface area contributed by atoms with Gasteiger partial charge < -0.3 is 15.4 Å². The maximum Gasteiger partial charge on any atom is 0.146 e. The minimum absolute atomic E-state index is 0.140. The summed E-state index contributed by atoms with van der Waals surface area (Å²) in [5, 5.41) is 19.1. The summed E-state index contributed by atoms with van der Waals surface area (Å²) in [6.45, 7) is 1.91. The second-order valence-corrected chi connectivity index (χ2v) is 8.21. The second kappa shape index (κ2) is 9.43. The van der Waals surface area contributed by atoms with Crippen LogP contribution in [-0.4, -0.2) is 28.8 Å². The molecule has 2 aromatic heterocycles. The fraction of sp³-hybridized carbons (Fsp3) is 0.217. The first-order valence-corrected chi connectivity index (χ1v) is 10.8. The molecule has 3 aromatic rings.